The van der Waals surface area contributed by atoms with E-state index in [9.17, 15) is 4.79 Å². The molecule has 21 heavy (non-hydrogen) atoms. The fraction of sp³-hybridized carbons (Fsp3) is 0.588. The predicted molar refractivity (Wildman–Crippen MR) is 86.0 cm³/mol. The van der Waals surface area contributed by atoms with E-state index in [4.69, 9.17) is 16.3 Å². The number of alkyl halides is 1. The molecule has 1 aromatic carbocycles. The lowest BCUT2D eigenvalue weighted by Gasteiger charge is -2.34. The van der Waals surface area contributed by atoms with Gasteiger partial charge in [-0.25, -0.2) is 0 Å². The summed E-state index contributed by atoms with van der Waals surface area (Å²) in [7, 11) is 1.64. The highest BCUT2D eigenvalue weighted by atomic mass is 35.5. The van der Waals surface area contributed by atoms with E-state index < -0.39 is 0 Å². The Balaban J connectivity index is 1.99. The van der Waals surface area contributed by atoms with Gasteiger partial charge in [-0.1, -0.05) is 31.4 Å². The summed E-state index contributed by atoms with van der Waals surface area (Å²) in [6, 6.07) is 8.08. The Morgan fingerprint density at radius 3 is 2.48 bits per heavy atom. The van der Waals surface area contributed by atoms with Crippen molar-refractivity contribution >= 4 is 17.5 Å². The zero-order valence-corrected chi connectivity index (χ0v) is 13.4. The topological polar surface area (TPSA) is 29.5 Å². The first kappa shape index (κ1) is 16.2. The minimum Gasteiger partial charge on any atom is -0.497 e. The maximum atomic E-state index is 12.6. The third kappa shape index (κ3) is 4.63. The zero-order chi connectivity index (χ0) is 15.1. The SMILES string of the molecule is COc1ccc(CC(=O)N(CCCl)C2CCCCC2)cc1. The van der Waals surface area contributed by atoms with Gasteiger partial charge in [0.05, 0.1) is 13.5 Å². The summed E-state index contributed by atoms with van der Waals surface area (Å²) in [6.45, 7) is 0.654. The second kappa shape index (κ2) is 8.28. The van der Waals surface area contributed by atoms with Crippen molar-refractivity contribution in [3.63, 3.8) is 0 Å². The Morgan fingerprint density at radius 1 is 1.24 bits per heavy atom. The predicted octanol–water partition coefficient (Wildman–Crippen LogP) is 3.64. The Bertz CT molecular complexity index is 441. The second-order valence-corrected chi connectivity index (χ2v) is 5.97. The standard InChI is InChI=1S/C17H24ClNO2/c1-21-16-9-7-14(8-10-16)13-17(20)19(12-11-18)15-5-3-2-4-6-15/h7-10,15H,2-6,11-13H2,1H3. The van der Waals surface area contributed by atoms with E-state index >= 15 is 0 Å². The van der Waals surface area contributed by atoms with Gasteiger partial charge in [-0.3, -0.25) is 4.79 Å². The molecule has 2 rings (SSSR count). The Hall–Kier alpha value is -1.22. The van der Waals surface area contributed by atoms with Crippen molar-refractivity contribution in [2.24, 2.45) is 0 Å². The maximum Gasteiger partial charge on any atom is 0.227 e. The van der Waals surface area contributed by atoms with Gasteiger partial charge < -0.3 is 9.64 Å². The monoisotopic (exact) mass is 309 g/mol. The minimum absolute atomic E-state index is 0.188. The fourth-order valence-corrected chi connectivity index (χ4v) is 3.20. The summed E-state index contributed by atoms with van der Waals surface area (Å²) in [5, 5.41) is 0. The van der Waals surface area contributed by atoms with E-state index in [1.165, 1.54) is 19.3 Å². The van der Waals surface area contributed by atoms with Gasteiger partial charge in [0, 0.05) is 18.5 Å². The molecule has 0 saturated heterocycles. The molecule has 3 nitrogen and oxygen atoms in total. The molecule has 0 N–H and O–H groups in total. The quantitative estimate of drug-likeness (QED) is 0.751. The molecule has 0 heterocycles. The van der Waals surface area contributed by atoms with E-state index in [0.29, 0.717) is 24.9 Å². The number of ether oxygens (including phenoxy) is 1. The first-order chi connectivity index (χ1) is 10.2. The van der Waals surface area contributed by atoms with Crippen LogP contribution in [0.25, 0.3) is 0 Å². The summed E-state index contributed by atoms with van der Waals surface area (Å²) in [6.07, 6.45) is 6.41. The molecule has 1 aliphatic carbocycles. The average Bonchev–Trinajstić information content (AvgIpc) is 2.54. The number of halogens is 1. The summed E-state index contributed by atoms with van der Waals surface area (Å²) < 4.78 is 5.14. The van der Waals surface area contributed by atoms with Crippen molar-refractivity contribution < 1.29 is 9.53 Å². The van der Waals surface area contributed by atoms with Crippen LogP contribution in [0.1, 0.15) is 37.7 Å². The molecule has 4 heteroatoms. The lowest BCUT2D eigenvalue weighted by atomic mass is 9.93. The van der Waals surface area contributed by atoms with Gasteiger partial charge in [0.25, 0.3) is 0 Å². The Morgan fingerprint density at radius 2 is 1.90 bits per heavy atom. The lowest BCUT2D eigenvalue weighted by molar-refractivity contribution is -0.133. The van der Waals surface area contributed by atoms with Crippen molar-refractivity contribution in [3.8, 4) is 5.75 Å². The van der Waals surface area contributed by atoms with Crippen LogP contribution in [0, 0.1) is 0 Å². The van der Waals surface area contributed by atoms with Crippen LogP contribution in [0.3, 0.4) is 0 Å². The molecular formula is C17H24ClNO2. The van der Waals surface area contributed by atoms with Gasteiger partial charge in [-0.2, -0.15) is 0 Å². The van der Waals surface area contributed by atoms with E-state index in [2.05, 4.69) is 0 Å². The third-order valence-electron chi connectivity index (χ3n) is 4.18. The number of carbonyl (C=O) groups excluding carboxylic acids is 1. The van der Waals surface area contributed by atoms with Gasteiger partial charge >= 0.3 is 0 Å². The number of hydrogen-bond acceptors (Lipinski definition) is 2. The summed E-state index contributed by atoms with van der Waals surface area (Å²) in [5.41, 5.74) is 1.02. The normalized spacial score (nSPS) is 15.7. The summed E-state index contributed by atoms with van der Waals surface area (Å²) in [5.74, 6) is 1.51. The first-order valence-corrected chi connectivity index (χ1v) is 8.26. The number of nitrogens with zero attached hydrogens (tertiary/aromatic N) is 1. The van der Waals surface area contributed by atoms with Gasteiger partial charge in [0.2, 0.25) is 5.91 Å². The number of benzene rings is 1. The molecule has 0 spiro atoms. The molecule has 1 fully saturated rings. The van der Waals surface area contributed by atoms with Crippen LogP contribution < -0.4 is 4.74 Å². The molecule has 1 amide bonds. The highest BCUT2D eigenvalue weighted by Gasteiger charge is 2.24. The Labute approximate surface area is 132 Å². The van der Waals surface area contributed by atoms with Crippen LogP contribution in [0.4, 0.5) is 0 Å². The van der Waals surface area contributed by atoms with Crippen LogP contribution in [0.15, 0.2) is 24.3 Å². The number of methoxy groups -OCH3 is 1. The molecular weight excluding hydrogens is 286 g/mol. The van der Waals surface area contributed by atoms with E-state index in [0.717, 1.165) is 24.2 Å². The second-order valence-electron chi connectivity index (χ2n) is 5.59. The van der Waals surface area contributed by atoms with E-state index in [1.807, 2.05) is 29.2 Å². The summed E-state index contributed by atoms with van der Waals surface area (Å²) in [4.78, 5) is 14.6. The summed E-state index contributed by atoms with van der Waals surface area (Å²) >= 11 is 5.89. The molecule has 116 valence electrons. The van der Waals surface area contributed by atoms with E-state index in [1.54, 1.807) is 7.11 Å². The number of hydrogen-bond donors (Lipinski definition) is 0. The minimum atomic E-state index is 0.188. The Kier molecular flexibility index (Phi) is 6.37. The molecule has 0 aromatic heterocycles. The highest BCUT2D eigenvalue weighted by Crippen LogP contribution is 2.23. The maximum absolute atomic E-state index is 12.6. The van der Waals surface area contributed by atoms with Crippen molar-refractivity contribution in [1.29, 1.82) is 0 Å². The van der Waals surface area contributed by atoms with Crippen LogP contribution in [0.5, 0.6) is 5.75 Å². The van der Waals surface area contributed by atoms with E-state index in [-0.39, 0.29) is 5.91 Å². The van der Waals surface area contributed by atoms with Crippen LogP contribution in [-0.2, 0) is 11.2 Å². The van der Waals surface area contributed by atoms with Gasteiger partial charge in [0.15, 0.2) is 0 Å². The lowest BCUT2D eigenvalue weighted by Crippen LogP contribution is -2.43. The fourth-order valence-electron chi connectivity index (χ4n) is 3.01. The van der Waals surface area contributed by atoms with Crippen LogP contribution in [-0.4, -0.2) is 36.4 Å². The third-order valence-corrected chi connectivity index (χ3v) is 4.34. The van der Waals surface area contributed by atoms with Crippen molar-refractivity contribution in [3.05, 3.63) is 29.8 Å². The molecule has 0 atom stereocenters. The smallest absolute Gasteiger partial charge is 0.227 e. The molecule has 0 aliphatic heterocycles. The molecule has 1 aliphatic rings. The highest BCUT2D eigenvalue weighted by molar-refractivity contribution is 6.18. The van der Waals surface area contributed by atoms with Crippen LogP contribution in [0.2, 0.25) is 0 Å². The van der Waals surface area contributed by atoms with Crippen molar-refractivity contribution in [1.82, 2.24) is 4.90 Å². The van der Waals surface area contributed by atoms with Crippen molar-refractivity contribution in [2.75, 3.05) is 19.5 Å². The molecule has 1 aromatic rings. The number of amides is 1. The van der Waals surface area contributed by atoms with Gasteiger partial charge in [-0.05, 0) is 30.5 Å². The molecule has 0 unspecified atom stereocenters. The van der Waals surface area contributed by atoms with Gasteiger partial charge in [0.1, 0.15) is 5.75 Å². The average molecular weight is 310 g/mol. The number of rotatable bonds is 6. The van der Waals surface area contributed by atoms with Crippen molar-refractivity contribution in [2.45, 2.75) is 44.6 Å². The van der Waals surface area contributed by atoms with Crippen LogP contribution >= 0.6 is 11.6 Å². The molecule has 0 bridgehead atoms. The first-order valence-electron chi connectivity index (χ1n) is 7.73. The zero-order valence-electron chi connectivity index (χ0n) is 12.7. The largest absolute Gasteiger partial charge is 0.497 e. The van der Waals surface area contributed by atoms with Gasteiger partial charge in [-0.15, -0.1) is 11.6 Å². The molecule has 0 radical (unpaired) electrons. The molecule has 1 saturated carbocycles. The number of carbonyl (C=O) groups is 1.